The third kappa shape index (κ3) is 2.61. The van der Waals surface area contributed by atoms with E-state index in [4.69, 9.17) is 0 Å². The van der Waals surface area contributed by atoms with Crippen molar-refractivity contribution in [3.8, 4) is 0 Å². The van der Waals surface area contributed by atoms with Gasteiger partial charge >= 0.3 is 0 Å². The fourth-order valence-corrected chi connectivity index (χ4v) is 2.07. The van der Waals surface area contributed by atoms with E-state index in [-0.39, 0.29) is 5.91 Å². The lowest BCUT2D eigenvalue weighted by atomic mass is 10.0. The molecule has 0 saturated carbocycles. The Hall–Kier alpha value is -1.36. The first-order chi connectivity index (χ1) is 7.65. The Labute approximate surface area is 95.2 Å². The van der Waals surface area contributed by atoms with Crippen molar-refractivity contribution in [1.29, 1.82) is 0 Å². The van der Waals surface area contributed by atoms with Gasteiger partial charge in [0, 0.05) is 19.7 Å². The number of aromatic nitrogens is 2. The van der Waals surface area contributed by atoms with Crippen LogP contribution in [0.3, 0.4) is 0 Å². The lowest BCUT2D eigenvalue weighted by Gasteiger charge is -2.07. The Kier molecular flexibility index (Phi) is 3.24. The van der Waals surface area contributed by atoms with Crippen LogP contribution in [0.4, 0.5) is 5.69 Å². The summed E-state index contributed by atoms with van der Waals surface area (Å²) in [5, 5.41) is 10.4. The van der Waals surface area contributed by atoms with Gasteiger partial charge in [0.25, 0.3) is 0 Å². The lowest BCUT2D eigenvalue weighted by molar-refractivity contribution is -0.116. The molecule has 1 aliphatic rings. The van der Waals surface area contributed by atoms with Crippen molar-refractivity contribution < 1.29 is 4.79 Å². The average molecular weight is 222 g/mol. The molecule has 1 aromatic heterocycles. The maximum absolute atomic E-state index is 11.8. The maximum atomic E-state index is 11.8. The summed E-state index contributed by atoms with van der Waals surface area (Å²) in [6, 6.07) is 0. The van der Waals surface area contributed by atoms with Gasteiger partial charge in [0.2, 0.25) is 5.91 Å². The molecule has 16 heavy (non-hydrogen) atoms. The standard InChI is InChI=1S/C11H18N4O/c1-8-10(7-15(2)14-8)13-11(16)5-9-3-4-12-6-9/h7,9,12H,3-6H2,1-2H3,(H,13,16). The second-order valence-electron chi connectivity index (χ2n) is 4.41. The predicted molar refractivity (Wildman–Crippen MR) is 62.2 cm³/mol. The minimum atomic E-state index is 0.0878. The van der Waals surface area contributed by atoms with Crippen molar-refractivity contribution >= 4 is 11.6 Å². The molecule has 88 valence electrons. The molecule has 1 aromatic rings. The number of hydrogen-bond donors (Lipinski definition) is 2. The molecule has 5 nitrogen and oxygen atoms in total. The lowest BCUT2D eigenvalue weighted by Crippen LogP contribution is -2.18. The van der Waals surface area contributed by atoms with E-state index in [0.717, 1.165) is 30.9 Å². The van der Waals surface area contributed by atoms with E-state index in [9.17, 15) is 4.79 Å². The van der Waals surface area contributed by atoms with E-state index < -0.39 is 0 Å². The first kappa shape index (κ1) is 11.1. The second kappa shape index (κ2) is 4.65. The van der Waals surface area contributed by atoms with Gasteiger partial charge in [-0.15, -0.1) is 0 Å². The number of aryl methyl sites for hydroxylation is 2. The molecule has 2 N–H and O–H groups in total. The number of nitrogens with one attached hydrogen (secondary N) is 2. The molecule has 1 saturated heterocycles. The van der Waals surface area contributed by atoms with E-state index in [0.29, 0.717) is 12.3 Å². The highest BCUT2D eigenvalue weighted by atomic mass is 16.1. The third-order valence-electron chi connectivity index (χ3n) is 2.92. The van der Waals surface area contributed by atoms with Gasteiger partial charge in [-0.05, 0) is 32.4 Å². The SMILES string of the molecule is Cc1nn(C)cc1NC(=O)CC1CCNC1. The maximum Gasteiger partial charge on any atom is 0.224 e. The highest BCUT2D eigenvalue weighted by Crippen LogP contribution is 2.15. The highest BCUT2D eigenvalue weighted by molar-refractivity contribution is 5.91. The number of anilines is 1. The fourth-order valence-electron chi connectivity index (χ4n) is 2.07. The van der Waals surface area contributed by atoms with Crippen LogP contribution in [0.1, 0.15) is 18.5 Å². The van der Waals surface area contributed by atoms with Crippen molar-refractivity contribution in [3.63, 3.8) is 0 Å². The normalized spacial score (nSPS) is 20.0. The van der Waals surface area contributed by atoms with Crippen molar-refractivity contribution in [1.82, 2.24) is 15.1 Å². The first-order valence-corrected chi connectivity index (χ1v) is 5.66. The Morgan fingerprint density at radius 3 is 3.12 bits per heavy atom. The largest absolute Gasteiger partial charge is 0.323 e. The Balaban J connectivity index is 1.89. The van der Waals surface area contributed by atoms with Crippen LogP contribution in [-0.2, 0) is 11.8 Å². The zero-order valence-electron chi connectivity index (χ0n) is 9.79. The highest BCUT2D eigenvalue weighted by Gasteiger charge is 2.18. The molecular weight excluding hydrogens is 204 g/mol. The van der Waals surface area contributed by atoms with Crippen LogP contribution in [0.2, 0.25) is 0 Å². The van der Waals surface area contributed by atoms with Gasteiger partial charge in [-0.1, -0.05) is 0 Å². The van der Waals surface area contributed by atoms with Crippen LogP contribution < -0.4 is 10.6 Å². The number of hydrogen-bond acceptors (Lipinski definition) is 3. The number of carbonyl (C=O) groups excluding carboxylic acids is 1. The molecule has 0 bridgehead atoms. The van der Waals surface area contributed by atoms with Gasteiger partial charge in [-0.25, -0.2) is 0 Å². The van der Waals surface area contributed by atoms with Crippen LogP contribution in [0, 0.1) is 12.8 Å². The Morgan fingerprint density at radius 1 is 1.75 bits per heavy atom. The summed E-state index contributed by atoms with van der Waals surface area (Å²) in [7, 11) is 1.85. The molecule has 1 atom stereocenters. The molecule has 5 heteroatoms. The van der Waals surface area contributed by atoms with E-state index >= 15 is 0 Å². The topological polar surface area (TPSA) is 59.0 Å². The van der Waals surface area contributed by atoms with Crippen LogP contribution >= 0.6 is 0 Å². The quantitative estimate of drug-likeness (QED) is 0.790. The molecule has 0 aliphatic carbocycles. The minimum absolute atomic E-state index is 0.0878. The number of carbonyl (C=O) groups is 1. The molecule has 2 heterocycles. The zero-order chi connectivity index (χ0) is 11.5. The van der Waals surface area contributed by atoms with Gasteiger partial charge in [-0.2, -0.15) is 5.10 Å². The average Bonchev–Trinajstić information content (AvgIpc) is 2.78. The zero-order valence-corrected chi connectivity index (χ0v) is 9.79. The van der Waals surface area contributed by atoms with Crippen LogP contribution in [0.15, 0.2) is 6.20 Å². The van der Waals surface area contributed by atoms with E-state index in [2.05, 4.69) is 15.7 Å². The summed E-state index contributed by atoms with van der Waals surface area (Å²) >= 11 is 0. The minimum Gasteiger partial charge on any atom is -0.323 e. The monoisotopic (exact) mass is 222 g/mol. The van der Waals surface area contributed by atoms with E-state index in [1.807, 2.05) is 20.2 Å². The smallest absolute Gasteiger partial charge is 0.224 e. The molecule has 1 aliphatic heterocycles. The third-order valence-corrected chi connectivity index (χ3v) is 2.92. The van der Waals surface area contributed by atoms with Crippen molar-refractivity contribution in [2.24, 2.45) is 13.0 Å². The van der Waals surface area contributed by atoms with Crippen molar-refractivity contribution in [3.05, 3.63) is 11.9 Å². The van der Waals surface area contributed by atoms with Gasteiger partial charge in [0.05, 0.1) is 11.4 Å². The molecular formula is C11H18N4O. The van der Waals surface area contributed by atoms with Crippen LogP contribution in [-0.4, -0.2) is 28.8 Å². The summed E-state index contributed by atoms with van der Waals surface area (Å²) in [5.74, 6) is 0.571. The van der Waals surface area contributed by atoms with Gasteiger partial charge in [0.1, 0.15) is 0 Å². The van der Waals surface area contributed by atoms with Crippen molar-refractivity contribution in [2.75, 3.05) is 18.4 Å². The van der Waals surface area contributed by atoms with E-state index in [1.165, 1.54) is 0 Å². The summed E-state index contributed by atoms with van der Waals surface area (Å²) < 4.78 is 1.71. The van der Waals surface area contributed by atoms with Gasteiger partial charge in [0.15, 0.2) is 0 Å². The first-order valence-electron chi connectivity index (χ1n) is 5.66. The molecule has 0 spiro atoms. The summed E-state index contributed by atoms with van der Waals surface area (Å²) in [6.07, 6.45) is 3.53. The Morgan fingerprint density at radius 2 is 2.56 bits per heavy atom. The van der Waals surface area contributed by atoms with Crippen molar-refractivity contribution in [2.45, 2.75) is 19.8 Å². The molecule has 1 fully saturated rings. The molecule has 0 radical (unpaired) electrons. The van der Waals surface area contributed by atoms with E-state index in [1.54, 1.807) is 4.68 Å². The van der Waals surface area contributed by atoms with Crippen LogP contribution in [0.5, 0.6) is 0 Å². The molecule has 1 unspecified atom stereocenters. The summed E-state index contributed by atoms with van der Waals surface area (Å²) in [6.45, 7) is 3.88. The van der Waals surface area contributed by atoms with Crippen LogP contribution in [0.25, 0.3) is 0 Å². The Bertz CT molecular complexity index is 379. The molecule has 1 amide bonds. The number of nitrogens with zero attached hydrogens (tertiary/aromatic N) is 2. The second-order valence-corrected chi connectivity index (χ2v) is 4.41. The molecule has 2 rings (SSSR count). The van der Waals surface area contributed by atoms with Gasteiger partial charge < -0.3 is 10.6 Å². The fraction of sp³-hybridized carbons (Fsp3) is 0.636. The number of rotatable bonds is 3. The predicted octanol–water partition coefficient (Wildman–Crippen LogP) is 0.667. The van der Waals surface area contributed by atoms with Gasteiger partial charge in [-0.3, -0.25) is 9.48 Å². The molecule has 0 aromatic carbocycles. The summed E-state index contributed by atoms with van der Waals surface area (Å²) in [5.41, 5.74) is 1.68. The number of amides is 1. The summed E-state index contributed by atoms with van der Waals surface area (Å²) in [4.78, 5) is 11.8.